The fourth-order valence-corrected chi connectivity index (χ4v) is 3.39. The van der Waals surface area contributed by atoms with Gasteiger partial charge in [-0.05, 0) is 24.3 Å². The minimum atomic E-state index is 0. The maximum atomic E-state index is 11.3. The van der Waals surface area contributed by atoms with Crippen molar-refractivity contribution in [2.45, 2.75) is 31.2 Å². The normalized spacial score (nSPS) is 26.9. The summed E-state index contributed by atoms with van der Waals surface area (Å²) in [7, 11) is 0. The predicted octanol–water partition coefficient (Wildman–Crippen LogP) is 1.63. The van der Waals surface area contributed by atoms with Crippen LogP contribution >= 0.6 is 24.2 Å². The van der Waals surface area contributed by atoms with Crippen molar-refractivity contribution in [2.75, 3.05) is 18.1 Å². The number of halogens is 1. The molecule has 2 nitrogen and oxygen atoms in total. The Hall–Kier alpha value is 0.270. The van der Waals surface area contributed by atoms with E-state index in [-0.39, 0.29) is 17.9 Å². The maximum Gasteiger partial charge on any atom is 0.136 e. The Labute approximate surface area is 89.6 Å². The van der Waals surface area contributed by atoms with Gasteiger partial charge in [-0.1, -0.05) is 0 Å². The highest BCUT2D eigenvalue weighted by Crippen LogP contribution is 2.32. The quantitative estimate of drug-likeness (QED) is 0.674. The summed E-state index contributed by atoms with van der Waals surface area (Å²) in [6.07, 6.45) is 3.90. The van der Waals surface area contributed by atoms with Crippen LogP contribution in [0.5, 0.6) is 0 Å². The van der Waals surface area contributed by atoms with Crippen molar-refractivity contribution in [3.05, 3.63) is 0 Å². The van der Waals surface area contributed by atoms with Crippen LogP contribution in [-0.2, 0) is 4.79 Å². The largest absolute Gasteiger partial charge is 0.310 e. The number of Topliss-reactive ketones (excluding diaryl/α,β-unsaturated/α-hetero) is 1. The first-order valence-electron chi connectivity index (χ1n) is 4.65. The van der Waals surface area contributed by atoms with Gasteiger partial charge < -0.3 is 5.32 Å². The summed E-state index contributed by atoms with van der Waals surface area (Å²) in [6.45, 7) is 0.906. The van der Waals surface area contributed by atoms with Crippen molar-refractivity contribution < 1.29 is 4.79 Å². The van der Waals surface area contributed by atoms with E-state index < -0.39 is 0 Å². The van der Waals surface area contributed by atoms with Gasteiger partial charge >= 0.3 is 0 Å². The molecule has 0 atom stereocenters. The van der Waals surface area contributed by atoms with Crippen molar-refractivity contribution >= 4 is 30.0 Å². The maximum absolute atomic E-state index is 11.3. The molecule has 1 spiro atoms. The molecule has 0 aromatic carbocycles. The van der Waals surface area contributed by atoms with Crippen LogP contribution in [0.4, 0.5) is 0 Å². The molecule has 2 saturated heterocycles. The van der Waals surface area contributed by atoms with Crippen LogP contribution in [-0.4, -0.2) is 29.4 Å². The lowest BCUT2D eigenvalue weighted by Gasteiger charge is -2.40. The van der Waals surface area contributed by atoms with E-state index in [2.05, 4.69) is 5.32 Å². The van der Waals surface area contributed by atoms with Crippen LogP contribution in [0.2, 0.25) is 0 Å². The van der Waals surface area contributed by atoms with Gasteiger partial charge in [0.05, 0.1) is 0 Å². The van der Waals surface area contributed by atoms with E-state index in [9.17, 15) is 4.79 Å². The van der Waals surface area contributed by atoms with Gasteiger partial charge in [0.2, 0.25) is 0 Å². The number of hydrogen-bond acceptors (Lipinski definition) is 3. The first kappa shape index (κ1) is 11.3. The molecule has 4 heteroatoms. The fraction of sp³-hybridized carbons (Fsp3) is 0.889. The molecule has 2 fully saturated rings. The minimum absolute atomic E-state index is 0. The molecule has 0 amide bonds. The van der Waals surface area contributed by atoms with Gasteiger partial charge in [-0.15, -0.1) is 12.4 Å². The highest BCUT2D eigenvalue weighted by atomic mass is 35.5. The summed E-state index contributed by atoms with van der Waals surface area (Å²) < 4.78 is 0. The van der Waals surface area contributed by atoms with E-state index >= 15 is 0 Å². The third-order valence-corrected chi connectivity index (χ3v) is 3.87. The first-order valence-corrected chi connectivity index (χ1v) is 5.81. The Morgan fingerprint density at radius 3 is 2.62 bits per heavy atom. The highest BCUT2D eigenvalue weighted by molar-refractivity contribution is 7.99. The number of thioether (sulfide) groups is 1. The van der Waals surface area contributed by atoms with E-state index in [4.69, 9.17) is 0 Å². The lowest BCUT2D eigenvalue weighted by Crippen LogP contribution is -2.53. The zero-order chi connectivity index (χ0) is 8.44. The van der Waals surface area contributed by atoms with Gasteiger partial charge in [0, 0.05) is 24.9 Å². The summed E-state index contributed by atoms with van der Waals surface area (Å²) in [5, 5.41) is 3.53. The number of carbonyl (C=O) groups excluding carboxylic acids is 1. The SMILES string of the molecule is Cl.O=C1CCNC2(CCSCC2)C1. The van der Waals surface area contributed by atoms with Gasteiger partial charge in [0.15, 0.2) is 0 Å². The van der Waals surface area contributed by atoms with E-state index in [1.54, 1.807) is 0 Å². The molecule has 0 aromatic rings. The zero-order valence-corrected chi connectivity index (χ0v) is 9.31. The smallest absolute Gasteiger partial charge is 0.136 e. The molecular weight excluding hydrogens is 206 g/mol. The molecule has 13 heavy (non-hydrogen) atoms. The van der Waals surface area contributed by atoms with Crippen molar-refractivity contribution in [3.63, 3.8) is 0 Å². The molecule has 0 radical (unpaired) electrons. The molecule has 0 bridgehead atoms. The molecule has 2 aliphatic heterocycles. The molecule has 0 unspecified atom stereocenters. The standard InChI is InChI=1S/C9H15NOS.ClH/c11-8-1-4-10-9(7-8)2-5-12-6-3-9;/h10H,1-7H2;1H. The lowest BCUT2D eigenvalue weighted by atomic mass is 9.83. The van der Waals surface area contributed by atoms with Crippen LogP contribution < -0.4 is 5.32 Å². The molecule has 2 rings (SSSR count). The lowest BCUT2D eigenvalue weighted by molar-refractivity contribution is -0.122. The van der Waals surface area contributed by atoms with Crippen LogP contribution in [0.3, 0.4) is 0 Å². The number of nitrogens with one attached hydrogen (secondary N) is 1. The van der Waals surface area contributed by atoms with Crippen molar-refractivity contribution in [1.82, 2.24) is 5.32 Å². The average molecular weight is 222 g/mol. The molecule has 76 valence electrons. The molecule has 0 saturated carbocycles. The summed E-state index contributed by atoms with van der Waals surface area (Å²) in [6, 6.07) is 0. The second kappa shape index (κ2) is 4.67. The second-order valence-corrected chi connectivity index (χ2v) is 5.01. The number of ketones is 1. The third-order valence-electron chi connectivity index (χ3n) is 2.89. The highest BCUT2D eigenvalue weighted by Gasteiger charge is 2.36. The van der Waals surface area contributed by atoms with E-state index in [1.165, 1.54) is 24.3 Å². The van der Waals surface area contributed by atoms with Crippen LogP contribution in [0.25, 0.3) is 0 Å². The van der Waals surface area contributed by atoms with Crippen LogP contribution in [0.15, 0.2) is 0 Å². The fourth-order valence-electron chi connectivity index (χ4n) is 2.11. The van der Waals surface area contributed by atoms with Crippen molar-refractivity contribution in [2.24, 2.45) is 0 Å². The van der Waals surface area contributed by atoms with Crippen LogP contribution in [0.1, 0.15) is 25.7 Å². The van der Waals surface area contributed by atoms with Crippen LogP contribution in [0, 0.1) is 0 Å². The van der Waals surface area contributed by atoms with Gasteiger partial charge in [-0.25, -0.2) is 0 Å². The first-order chi connectivity index (χ1) is 5.81. The van der Waals surface area contributed by atoms with Crippen molar-refractivity contribution in [3.8, 4) is 0 Å². The van der Waals surface area contributed by atoms with Gasteiger partial charge in [-0.2, -0.15) is 11.8 Å². The molecule has 2 heterocycles. The Kier molecular flexibility index (Phi) is 4.07. The minimum Gasteiger partial charge on any atom is -0.310 e. The Morgan fingerprint density at radius 1 is 1.31 bits per heavy atom. The number of rotatable bonds is 0. The zero-order valence-electron chi connectivity index (χ0n) is 7.67. The van der Waals surface area contributed by atoms with Gasteiger partial charge in [-0.3, -0.25) is 4.79 Å². The third kappa shape index (κ3) is 2.61. The van der Waals surface area contributed by atoms with Gasteiger partial charge in [0.1, 0.15) is 5.78 Å². The summed E-state index contributed by atoms with van der Waals surface area (Å²) >= 11 is 2.01. The van der Waals surface area contributed by atoms with E-state index in [0.29, 0.717) is 5.78 Å². The predicted molar refractivity (Wildman–Crippen MR) is 58.8 cm³/mol. The summed E-state index contributed by atoms with van der Waals surface area (Å²) in [5.41, 5.74) is 0.209. The molecule has 1 N–H and O–H groups in total. The summed E-state index contributed by atoms with van der Waals surface area (Å²) in [4.78, 5) is 11.3. The Morgan fingerprint density at radius 2 is 2.00 bits per heavy atom. The van der Waals surface area contributed by atoms with Crippen molar-refractivity contribution in [1.29, 1.82) is 0 Å². The number of piperidine rings is 1. The topological polar surface area (TPSA) is 29.1 Å². The average Bonchev–Trinajstić information content (AvgIpc) is 2.05. The molecule has 2 aliphatic rings. The monoisotopic (exact) mass is 221 g/mol. The Bertz CT molecular complexity index is 187. The Balaban J connectivity index is 0.000000845. The number of hydrogen-bond donors (Lipinski definition) is 1. The summed E-state index contributed by atoms with van der Waals surface area (Å²) in [5.74, 6) is 2.90. The molecule has 0 aromatic heterocycles. The second-order valence-electron chi connectivity index (χ2n) is 3.78. The molecule has 0 aliphatic carbocycles. The molecular formula is C9H16ClNOS. The van der Waals surface area contributed by atoms with E-state index in [0.717, 1.165) is 19.4 Å². The number of carbonyl (C=O) groups is 1. The van der Waals surface area contributed by atoms with Gasteiger partial charge in [0.25, 0.3) is 0 Å². The van der Waals surface area contributed by atoms with E-state index in [1.807, 2.05) is 11.8 Å².